The number of hydrogen-bond donors (Lipinski definition) is 1. The first kappa shape index (κ1) is 21.4. The number of benzene rings is 2. The van der Waals surface area contributed by atoms with Gasteiger partial charge in [-0.25, -0.2) is 8.78 Å². The van der Waals surface area contributed by atoms with Gasteiger partial charge in [0.15, 0.2) is 5.82 Å². The first-order chi connectivity index (χ1) is 12.4. The highest BCUT2D eigenvalue weighted by molar-refractivity contribution is 9.11. The normalized spacial score (nSPS) is 13.8. The Morgan fingerprint density at radius 2 is 1.67 bits per heavy atom. The number of alkyl halides is 4. The van der Waals surface area contributed by atoms with Crippen LogP contribution in [-0.4, -0.2) is 12.1 Å². The highest BCUT2D eigenvalue weighted by atomic mass is 79.9. The minimum Gasteiger partial charge on any atom is -0.320 e. The van der Waals surface area contributed by atoms with Crippen LogP contribution in [0.5, 0.6) is 0 Å². The van der Waals surface area contributed by atoms with E-state index in [1.54, 1.807) is 0 Å². The maximum absolute atomic E-state index is 14.1. The molecular formula is C16H9Br2F5N2O2. The maximum atomic E-state index is 14.1. The molecule has 0 aromatic heterocycles. The molecule has 0 bridgehead atoms. The second-order valence-corrected chi connectivity index (χ2v) is 7.21. The SMILES string of the molecule is CC(F)(c1cc(Br)c(NC(=O)c2cccc(N=O)c2F)c(Br)c1)C(F)(F)F. The van der Waals surface area contributed by atoms with E-state index in [1.807, 2.05) is 0 Å². The van der Waals surface area contributed by atoms with Crippen molar-refractivity contribution in [2.75, 3.05) is 5.32 Å². The lowest BCUT2D eigenvalue weighted by molar-refractivity contribution is -0.228. The molecule has 0 saturated heterocycles. The predicted octanol–water partition coefficient (Wildman–Crippen LogP) is 6.75. The largest absolute Gasteiger partial charge is 0.426 e. The third-order valence-corrected chi connectivity index (χ3v) is 4.93. The lowest BCUT2D eigenvalue weighted by Gasteiger charge is -2.25. The number of amides is 1. The number of halogens is 7. The zero-order chi connectivity index (χ0) is 20.6. The Bertz CT molecular complexity index is 893. The molecule has 0 aliphatic carbocycles. The van der Waals surface area contributed by atoms with Gasteiger partial charge in [-0.2, -0.15) is 13.2 Å². The van der Waals surface area contributed by atoms with Crippen molar-refractivity contribution in [3.63, 3.8) is 0 Å². The Kier molecular flexibility index (Phi) is 6.05. The summed E-state index contributed by atoms with van der Waals surface area (Å²) in [7, 11) is 0. The summed E-state index contributed by atoms with van der Waals surface area (Å²) in [5.74, 6) is -2.13. The lowest BCUT2D eigenvalue weighted by Crippen LogP contribution is -2.35. The van der Waals surface area contributed by atoms with Crippen LogP contribution in [0.25, 0.3) is 0 Å². The van der Waals surface area contributed by atoms with Crippen LogP contribution in [-0.2, 0) is 5.67 Å². The highest BCUT2D eigenvalue weighted by Crippen LogP contribution is 2.45. The average molecular weight is 516 g/mol. The van der Waals surface area contributed by atoms with Crippen LogP contribution in [0.1, 0.15) is 22.8 Å². The van der Waals surface area contributed by atoms with Gasteiger partial charge in [-0.15, -0.1) is 4.91 Å². The number of nitrogens with one attached hydrogen (secondary N) is 1. The summed E-state index contributed by atoms with van der Waals surface area (Å²) < 4.78 is 66.7. The minimum absolute atomic E-state index is 0.0504. The molecule has 1 N–H and O–H groups in total. The van der Waals surface area contributed by atoms with Crippen molar-refractivity contribution >= 4 is 49.1 Å². The van der Waals surface area contributed by atoms with Crippen LogP contribution < -0.4 is 5.32 Å². The third kappa shape index (κ3) is 4.18. The number of nitrogens with zero attached hydrogens (tertiary/aromatic N) is 1. The van der Waals surface area contributed by atoms with Gasteiger partial charge in [0.2, 0.25) is 5.67 Å². The molecule has 2 rings (SSSR count). The molecule has 0 fully saturated rings. The van der Waals surface area contributed by atoms with Gasteiger partial charge in [-0.1, -0.05) is 6.07 Å². The predicted molar refractivity (Wildman–Crippen MR) is 96.2 cm³/mol. The molecule has 27 heavy (non-hydrogen) atoms. The number of rotatable bonds is 4. The fourth-order valence-corrected chi connectivity index (χ4v) is 3.46. The third-order valence-electron chi connectivity index (χ3n) is 3.68. The summed E-state index contributed by atoms with van der Waals surface area (Å²) in [6.07, 6.45) is -5.15. The smallest absolute Gasteiger partial charge is 0.320 e. The first-order valence-corrected chi connectivity index (χ1v) is 8.67. The van der Waals surface area contributed by atoms with Gasteiger partial charge in [0.25, 0.3) is 5.91 Å². The van der Waals surface area contributed by atoms with Crippen LogP contribution in [0.15, 0.2) is 44.5 Å². The van der Waals surface area contributed by atoms with Gasteiger partial charge in [-0.3, -0.25) is 4.79 Å². The number of hydrogen-bond acceptors (Lipinski definition) is 3. The summed E-state index contributed by atoms with van der Waals surface area (Å²) in [5, 5.41) is 4.73. The van der Waals surface area contributed by atoms with Crippen molar-refractivity contribution in [3.05, 3.63) is 61.1 Å². The molecule has 1 amide bonds. The maximum Gasteiger partial charge on any atom is 0.426 e. The molecule has 1 atom stereocenters. The summed E-state index contributed by atoms with van der Waals surface area (Å²) in [5.41, 5.74) is -5.46. The second-order valence-electron chi connectivity index (χ2n) is 5.50. The summed E-state index contributed by atoms with van der Waals surface area (Å²) in [6, 6.07) is 5.11. The number of carbonyl (C=O) groups excluding carboxylic acids is 1. The molecule has 2 aromatic carbocycles. The zero-order valence-corrected chi connectivity index (χ0v) is 16.5. The van der Waals surface area contributed by atoms with E-state index < -0.39 is 40.4 Å². The Balaban J connectivity index is 2.41. The van der Waals surface area contributed by atoms with Crippen LogP contribution in [0.3, 0.4) is 0 Å². The van der Waals surface area contributed by atoms with Gasteiger partial charge in [0, 0.05) is 14.5 Å². The second kappa shape index (κ2) is 7.63. The van der Waals surface area contributed by atoms with Crippen molar-refractivity contribution in [1.29, 1.82) is 0 Å². The van der Waals surface area contributed by atoms with Crippen LogP contribution in [0, 0.1) is 10.7 Å². The monoisotopic (exact) mass is 514 g/mol. The molecule has 11 heteroatoms. The zero-order valence-electron chi connectivity index (χ0n) is 13.3. The van der Waals surface area contributed by atoms with E-state index >= 15 is 0 Å². The molecule has 1 unspecified atom stereocenters. The molecule has 0 saturated carbocycles. The minimum atomic E-state index is -5.15. The summed E-state index contributed by atoms with van der Waals surface area (Å²) >= 11 is 5.93. The molecule has 0 aliphatic rings. The Hall–Kier alpha value is -1.88. The molecule has 4 nitrogen and oxygen atoms in total. The van der Waals surface area contributed by atoms with Crippen LogP contribution in [0.4, 0.5) is 33.3 Å². The first-order valence-electron chi connectivity index (χ1n) is 7.08. The Morgan fingerprint density at radius 3 is 2.15 bits per heavy atom. The molecule has 0 radical (unpaired) electrons. The molecule has 2 aromatic rings. The van der Waals surface area contributed by atoms with E-state index in [0.717, 1.165) is 24.3 Å². The molecule has 0 heterocycles. The van der Waals surface area contributed by atoms with Crippen molar-refractivity contribution in [3.8, 4) is 0 Å². The molecule has 0 aliphatic heterocycles. The number of anilines is 1. The standard InChI is InChI=1S/C16H9Br2F5N2O2/c1-15(20,16(21,22)23)7-5-9(17)13(10(18)6-7)24-14(26)8-3-2-4-11(25-27)12(8)19/h2-6H,1H3,(H,24,26). The van der Waals surface area contributed by atoms with Gasteiger partial charge in [-0.05, 0) is 68.2 Å². The van der Waals surface area contributed by atoms with Crippen molar-refractivity contribution in [1.82, 2.24) is 0 Å². The topological polar surface area (TPSA) is 58.5 Å². The lowest BCUT2D eigenvalue weighted by atomic mass is 9.97. The Morgan fingerprint density at radius 1 is 1.11 bits per heavy atom. The average Bonchev–Trinajstić information content (AvgIpc) is 2.56. The van der Waals surface area contributed by atoms with E-state index in [9.17, 15) is 31.7 Å². The highest BCUT2D eigenvalue weighted by Gasteiger charge is 2.53. The van der Waals surface area contributed by atoms with Crippen LogP contribution >= 0.6 is 31.9 Å². The quantitative estimate of drug-likeness (QED) is 0.362. The van der Waals surface area contributed by atoms with Crippen molar-refractivity contribution < 1.29 is 26.7 Å². The molecule has 144 valence electrons. The summed E-state index contributed by atoms with van der Waals surface area (Å²) in [6.45, 7) is 0.368. The van der Waals surface area contributed by atoms with Gasteiger partial charge in [0.05, 0.1) is 11.3 Å². The molecular weight excluding hydrogens is 507 g/mol. The van der Waals surface area contributed by atoms with E-state index in [1.165, 1.54) is 6.07 Å². The van der Waals surface area contributed by atoms with E-state index in [-0.39, 0.29) is 14.6 Å². The number of carbonyl (C=O) groups is 1. The van der Waals surface area contributed by atoms with Crippen LogP contribution in [0.2, 0.25) is 0 Å². The van der Waals surface area contributed by atoms with E-state index in [0.29, 0.717) is 6.92 Å². The van der Waals surface area contributed by atoms with Crippen molar-refractivity contribution in [2.45, 2.75) is 18.8 Å². The van der Waals surface area contributed by atoms with Gasteiger partial charge < -0.3 is 5.32 Å². The van der Waals surface area contributed by atoms with Crippen molar-refractivity contribution in [2.24, 2.45) is 5.18 Å². The molecule has 0 spiro atoms. The fraction of sp³-hybridized carbons (Fsp3) is 0.188. The van der Waals surface area contributed by atoms with E-state index in [2.05, 4.69) is 42.4 Å². The Labute approximate surface area is 166 Å². The van der Waals surface area contributed by atoms with E-state index in [4.69, 9.17) is 0 Å². The van der Waals surface area contributed by atoms with Gasteiger partial charge in [0.1, 0.15) is 5.69 Å². The summed E-state index contributed by atoms with van der Waals surface area (Å²) in [4.78, 5) is 22.8. The van der Waals surface area contributed by atoms with Gasteiger partial charge >= 0.3 is 6.18 Å². The number of nitroso groups, excluding NO2 is 1. The fourth-order valence-electron chi connectivity index (χ4n) is 2.07.